The summed E-state index contributed by atoms with van der Waals surface area (Å²) < 4.78 is 39.1. The summed E-state index contributed by atoms with van der Waals surface area (Å²) in [7, 11) is 0. The monoisotopic (exact) mass is 593 g/mol. The number of hydrogen-bond acceptors (Lipinski definition) is 6. The molecule has 0 aliphatic carbocycles. The second kappa shape index (κ2) is 14.4. The van der Waals surface area contributed by atoms with E-state index in [0.29, 0.717) is 59.5 Å². The molecule has 8 nitrogen and oxygen atoms in total. The van der Waals surface area contributed by atoms with E-state index in [2.05, 4.69) is 5.32 Å². The normalized spacial score (nSPS) is 14.5. The lowest BCUT2D eigenvalue weighted by Gasteiger charge is -2.23. The molecule has 0 bridgehead atoms. The third-order valence-electron chi connectivity index (χ3n) is 7.04. The lowest BCUT2D eigenvalue weighted by Crippen LogP contribution is -2.34. The van der Waals surface area contributed by atoms with E-state index in [0.717, 1.165) is 18.4 Å². The molecule has 1 saturated heterocycles. The first-order chi connectivity index (χ1) is 20.5. The number of carboxylic acids is 1. The first-order valence-corrected chi connectivity index (χ1v) is 14.5. The summed E-state index contributed by atoms with van der Waals surface area (Å²) in [6.07, 6.45) is 1.03. The van der Waals surface area contributed by atoms with Crippen LogP contribution in [-0.2, 0) is 27.3 Å². The average molecular weight is 594 g/mol. The molecule has 3 aromatic rings. The van der Waals surface area contributed by atoms with Crippen LogP contribution in [0.4, 0.5) is 9.18 Å². The summed E-state index contributed by atoms with van der Waals surface area (Å²) in [5, 5.41) is 12.0. The Labute approximate surface area is 252 Å². The lowest BCUT2D eigenvalue weighted by molar-refractivity contribution is -0.136. The summed E-state index contributed by atoms with van der Waals surface area (Å²) in [5.74, 6) is -0.0138. The molecule has 43 heavy (non-hydrogen) atoms. The van der Waals surface area contributed by atoms with Gasteiger partial charge in [0.15, 0.2) is 0 Å². The molecule has 1 aliphatic heterocycles. The maximum Gasteiger partial charge on any atom is 0.408 e. The number of aliphatic carboxylic acids is 1. The van der Waals surface area contributed by atoms with Crippen LogP contribution in [0.3, 0.4) is 0 Å². The Bertz CT molecular complexity index is 1410. The Kier molecular flexibility index (Phi) is 10.6. The minimum atomic E-state index is -0.951. The topological polar surface area (TPSA) is 103 Å². The van der Waals surface area contributed by atoms with Crippen molar-refractivity contribution in [2.45, 2.75) is 65.2 Å². The van der Waals surface area contributed by atoms with Crippen molar-refractivity contribution >= 4 is 12.1 Å². The zero-order valence-electron chi connectivity index (χ0n) is 25.2. The first-order valence-electron chi connectivity index (χ1n) is 14.5. The predicted octanol–water partition coefficient (Wildman–Crippen LogP) is 7.09. The number of carbonyl (C=O) groups is 2. The van der Waals surface area contributed by atoms with E-state index < -0.39 is 29.5 Å². The van der Waals surface area contributed by atoms with Gasteiger partial charge in [0.05, 0.1) is 19.1 Å². The van der Waals surface area contributed by atoms with Crippen molar-refractivity contribution in [2.75, 3.05) is 19.8 Å². The van der Waals surface area contributed by atoms with E-state index in [4.69, 9.17) is 18.9 Å². The van der Waals surface area contributed by atoms with E-state index in [9.17, 15) is 14.7 Å². The fourth-order valence-corrected chi connectivity index (χ4v) is 4.89. The second-order valence-electron chi connectivity index (χ2n) is 11.8. The van der Waals surface area contributed by atoms with Gasteiger partial charge in [-0.3, -0.25) is 4.79 Å². The van der Waals surface area contributed by atoms with Crippen LogP contribution in [0.2, 0.25) is 0 Å². The predicted molar refractivity (Wildman–Crippen MR) is 161 cm³/mol. The molecule has 0 saturated carbocycles. The highest BCUT2D eigenvalue weighted by Crippen LogP contribution is 2.33. The first kappa shape index (κ1) is 31.8. The number of carboxylic acid groups (broad SMARTS) is 1. The third-order valence-corrected chi connectivity index (χ3v) is 7.04. The van der Waals surface area contributed by atoms with Gasteiger partial charge in [-0.15, -0.1) is 0 Å². The molecule has 4 rings (SSSR count). The van der Waals surface area contributed by atoms with Crippen molar-refractivity contribution in [3.05, 3.63) is 83.2 Å². The molecule has 9 heteroatoms. The molecule has 1 atom stereocenters. The number of benzene rings is 3. The maximum absolute atomic E-state index is 16.0. The lowest BCUT2D eigenvalue weighted by atomic mass is 9.97. The average Bonchev–Trinajstić information content (AvgIpc) is 2.95. The van der Waals surface area contributed by atoms with Crippen LogP contribution in [-0.4, -0.2) is 42.6 Å². The number of nitrogens with one attached hydrogen (secondary N) is 1. The fraction of sp³-hybridized carbons (Fsp3) is 0.412. The van der Waals surface area contributed by atoms with Crippen LogP contribution in [0.5, 0.6) is 11.5 Å². The van der Waals surface area contributed by atoms with Gasteiger partial charge in [0, 0.05) is 29.9 Å². The molecule has 3 aromatic carbocycles. The van der Waals surface area contributed by atoms with Crippen molar-refractivity contribution in [1.29, 1.82) is 0 Å². The SMILES string of the molecule is CC(NC(=O)OC(C)(C)C)c1cccc(-c2cc(COc3ccccc3CC(=O)O)cc(OCC3CCOCC3)c2)c1F. The summed E-state index contributed by atoms with van der Waals surface area (Å²) in [6, 6.07) is 16.9. The molecular formula is C34H40FNO7. The molecule has 2 N–H and O–H groups in total. The van der Waals surface area contributed by atoms with Gasteiger partial charge in [-0.1, -0.05) is 36.4 Å². The maximum atomic E-state index is 16.0. The van der Waals surface area contributed by atoms with Crippen LogP contribution in [0, 0.1) is 11.7 Å². The highest BCUT2D eigenvalue weighted by molar-refractivity contribution is 5.72. The number of rotatable bonds is 11. The van der Waals surface area contributed by atoms with Crippen molar-refractivity contribution in [3.8, 4) is 22.6 Å². The smallest absolute Gasteiger partial charge is 0.408 e. The summed E-state index contributed by atoms with van der Waals surface area (Å²) in [6.45, 7) is 9.04. The summed E-state index contributed by atoms with van der Waals surface area (Å²) in [5.41, 5.74) is 1.87. The van der Waals surface area contributed by atoms with Gasteiger partial charge in [0.1, 0.15) is 29.5 Å². The number of carbonyl (C=O) groups excluding carboxylic acids is 1. The number of hydrogen-bond donors (Lipinski definition) is 2. The van der Waals surface area contributed by atoms with Gasteiger partial charge >= 0.3 is 12.1 Å². The number of alkyl carbamates (subject to hydrolysis) is 1. The number of halogens is 1. The molecule has 0 spiro atoms. The van der Waals surface area contributed by atoms with Gasteiger partial charge in [0.25, 0.3) is 0 Å². The molecule has 1 fully saturated rings. The van der Waals surface area contributed by atoms with Crippen molar-refractivity contribution < 1.29 is 38.0 Å². The minimum absolute atomic E-state index is 0.121. The van der Waals surface area contributed by atoms with Crippen molar-refractivity contribution in [2.24, 2.45) is 5.92 Å². The van der Waals surface area contributed by atoms with Crippen LogP contribution >= 0.6 is 0 Å². The van der Waals surface area contributed by atoms with Gasteiger partial charge in [-0.25, -0.2) is 9.18 Å². The molecule has 1 unspecified atom stereocenters. The molecular weight excluding hydrogens is 553 g/mol. The van der Waals surface area contributed by atoms with Crippen molar-refractivity contribution in [1.82, 2.24) is 5.32 Å². The van der Waals surface area contributed by atoms with Crippen LogP contribution < -0.4 is 14.8 Å². The second-order valence-corrected chi connectivity index (χ2v) is 11.8. The third kappa shape index (κ3) is 9.44. The van der Waals surface area contributed by atoms with E-state index in [-0.39, 0.29) is 13.0 Å². The van der Waals surface area contributed by atoms with Gasteiger partial charge in [-0.05, 0) is 81.8 Å². The highest BCUT2D eigenvalue weighted by Gasteiger charge is 2.22. The molecule has 0 radical (unpaired) electrons. The number of ether oxygens (including phenoxy) is 4. The van der Waals surface area contributed by atoms with E-state index in [1.165, 1.54) is 0 Å². The molecule has 0 aromatic heterocycles. The van der Waals surface area contributed by atoms with Crippen LogP contribution in [0.15, 0.2) is 60.7 Å². The van der Waals surface area contributed by atoms with Crippen LogP contribution in [0.25, 0.3) is 11.1 Å². The largest absolute Gasteiger partial charge is 0.493 e. The molecule has 1 heterocycles. The highest BCUT2D eigenvalue weighted by atomic mass is 19.1. The standard InChI is InChI=1S/C34H40FNO7/c1-22(36-33(39)43-34(2,3)4)28-9-7-10-29(32(28)35)26-16-24(17-27(18-26)41-20-23-12-14-40-15-13-23)21-42-30-11-6-5-8-25(30)19-31(37)38/h5-11,16-18,22-23H,12-15,19-21H2,1-4H3,(H,36,39)(H,37,38). The number of para-hydroxylation sites is 1. The zero-order valence-corrected chi connectivity index (χ0v) is 25.2. The van der Waals surface area contributed by atoms with Gasteiger partial charge in [-0.2, -0.15) is 0 Å². The Morgan fingerprint density at radius 3 is 2.51 bits per heavy atom. The quantitative estimate of drug-likeness (QED) is 0.245. The summed E-state index contributed by atoms with van der Waals surface area (Å²) >= 11 is 0. The summed E-state index contributed by atoms with van der Waals surface area (Å²) in [4.78, 5) is 23.7. The van der Waals surface area contributed by atoms with E-state index in [1.807, 2.05) is 12.1 Å². The fourth-order valence-electron chi connectivity index (χ4n) is 4.89. The van der Waals surface area contributed by atoms with Gasteiger partial charge < -0.3 is 29.4 Å². The molecule has 1 aliphatic rings. The Hall–Kier alpha value is -4.11. The Morgan fingerprint density at radius 1 is 1.05 bits per heavy atom. The van der Waals surface area contributed by atoms with Gasteiger partial charge in [0.2, 0.25) is 0 Å². The Balaban J connectivity index is 1.61. The van der Waals surface area contributed by atoms with E-state index in [1.54, 1.807) is 76.2 Å². The molecule has 1 amide bonds. The van der Waals surface area contributed by atoms with E-state index >= 15 is 4.39 Å². The zero-order chi connectivity index (χ0) is 31.0. The van der Waals surface area contributed by atoms with Crippen LogP contribution in [0.1, 0.15) is 63.3 Å². The minimum Gasteiger partial charge on any atom is -0.493 e. The number of amides is 1. The Morgan fingerprint density at radius 2 is 1.79 bits per heavy atom. The molecule has 230 valence electrons. The van der Waals surface area contributed by atoms with Crippen molar-refractivity contribution in [3.63, 3.8) is 0 Å².